The quantitative estimate of drug-likeness (QED) is 0.798. The fourth-order valence-electron chi connectivity index (χ4n) is 3.00. The van der Waals surface area contributed by atoms with E-state index in [-0.39, 0.29) is 17.9 Å². The van der Waals surface area contributed by atoms with Gasteiger partial charge in [-0.2, -0.15) is 0 Å². The van der Waals surface area contributed by atoms with Crippen LogP contribution in [0.25, 0.3) is 0 Å². The lowest BCUT2D eigenvalue weighted by Gasteiger charge is -2.20. The number of aromatic amines is 1. The second kappa shape index (κ2) is 6.36. The van der Waals surface area contributed by atoms with Crippen molar-refractivity contribution in [3.63, 3.8) is 0 Å². The van der Waals surface area contributed by atoms with Crippen molar-refractivity contribution in [3.05, 3.63) is 34.7 Å². The first-order valence-electron chi connectivity index (χ1n) is 8.06. The van der Waals surface area contributed by atoms with Gasteiger partial charge in [-0.3, -0.25) is 4.79 Å². The average molecular weight is 314 g/mol. The van der Waals surface area contributed by atoms with Crippen LogP contribution < -0.4 is 11.1 Å². The fourth-order valence-corrected chi connectivity index (χ4v) is 3.00. The van der Waals surface area contributed by atoms with Crippen molar-refractivity contribution in [1.29, 1.82) is 0 Å². The zero-order valence-electron chi connectivity index (χ0n) is 13.5. The molecule has 7 nitrogen and oxygen atoms in total. The Labute approximate surface area is 135 Å². The Bertz CT molecular complexity index is 723. The van der Waals surface area contributed by atoms with Crippen LogP contribution in [0.15, 0.2) is 6.20 Å². The van der Waals surface area contributed by atoms with E-state index in [1.165, 1.54) is 0 Å². The van der Waals surface area contributed by atoms with Gasteiger partial charge in [0.25, 0.3) is 5.91 Å². The van der Waals surface area contributed by atoms with Crippen molar-refractivity contribution in [1.82, 2.24) is 25.3 Å². The molecule has 0 saturated heterocycles. The molecule has 0 bridgehead atoms. The molecule has 1 atom stereocenters. The predicted molar refractivity (Wildman–Crippen MR) is 86.9 cm³/mol. The number of aryl methyl sites for hydroxylation is 2. The first-order chi connectivity index (χ1) is 11.1. The van der Waals surface area contributed by atoms with Crippen LogP contribution in [-0.2, 0) is 12.8 Å². The number of carbonyl (C=O) groups excluding carboxylic acids is 1. The van der Waals surface area contributed by atoms with Gasteiger partial charge in [0.2, 0.25) is 5.95 Å². The molecule has 0 fully saturated rings. The van der Waals surface area contributed by atoms with Gasteiger partial charge in [0.05, 0.1) is 6.04 Å². The van der Waals surface area contributed by atoms with Crippen molar-refractivity contribution in [2.75, 3.05) is 5.73 Å². The molecule has 2 aromatic heterocycles. The molecule has 2 heterocycles. The molecular formula is C16H22N6O. The molecule has 0 radical (unpaired) electrons. The van der Waals surface area contributed by atoms with Crippen LogP contribution in [0.5, 0.6) is 0 Å². The largest absolute Gasteiger partial charge is 0.368 e. The van der Waals surface area contributed by atoms with Crippen LogP contribution in [0.1, 0.15) is 65.5 Å². The van der Waals surface area contributed by atoms with Gasteiger partial charge >= 0.3 is 0 Å². The molecule has 1 aliphatic carbocycles. The van der Waals surface area contributed by atoms with Crippen LogP contribution in [0.4, 0.5) is 5.95 Å². The van der Waals surface area contributed by atoms with Crippen LogP contribution >= 0.6 is 0 Å². The first-order valence-corrected chi connectivity index (χ1v) is 8.06. The highest BCUT2D eigenvalue weighted by Gasteiger charge is 2.24. The third-order valence-electron chi connectivity index (χ3n) is 4.18. The van der Waals surface area contributed by atoms with Crippen LogP contribution in [-0.4, -0.2) is 25.8 Å². The molecule has 122 valence electrons. The summed E-state index contributed by atoms with van der Waals surface area (Å²) < 4.78 is 0. The van der Waals surface area contributed by atoms with Crippen molar-refractivity contribution >= 4 is 11.9 Å². The van der Waals surface area contributed by atoms with Gasteiger partial charge in [0.15, 0.2) is 0 Å². The lowest BCUT2D eigenvalue weighted by Crippen LogP contribution is -2.31. The number of fused-ring (bicyclic) bond motifs is 1. The monoisotopic (exact) mass is 314 g/mol. The summed E-state index contributed by atoms with van der Waals surface area (Å²) in [5.74, 6) is 0.713. The van der Waals surface area contributed by atoms with E-state index in [0.29, 0.717) is 5.69 Å². The van der Waals surface area contributed by atoms with Gasteiger partial charge < -0.3 is 16.0 Å². The predicted octanol–water partition coefficient (Wildman–Crippen LogP) is 1.85. The highest BCUT2D eigenvalue weighted by molar-refractivity contribution is 5.94. The minimum atomic E-state index is -0.210. The molecule has 0 aromatic carbocycles. The maximum Gasteiger partial charge on any atom is 0.270 e. The van der Waals surface area contributed by atoms with E-state index in [4.69, 9.17) is 5.73 Å². The zero-order valence-corrected chi connectivity index (χ0v) is 13.5. The second-order valence-electron chi connectivity index (χ2n) is 5.95. The van der Waals surface area contributed by atoms with Crippen LogP contribution in [0.2, 0.25) is 0 Å². The van der Waals surface area contributed by atoms with E-state index >= 15 is 0 Å². The summed E-state index contributed by atoms with van der Waals surface area (Å²) in [6.07, 6.45) is 6.31. The van der Waals surface area contributed by atoms with Gasteiger partial charge in [-0.1, -0.05) is 6.92 Å². The molecule has 2 aromatic rings. The summed E-state index contributed by atoms with van der Waals surface area (Å²) in [4.78, 5) is 28.7. The summed E-state index contributed by atoms with van der Waals surface area (Å²) in [6.45, 7) is 3.94. The van der Waals surface area contributed by atoms with E-state index in [0.717, 1.165) is 54.9 Å². The Morgan fingerprint density at radius 2 is 2.17 bits per heavy atom. The van der Waals surface area contributed by atoms with E-state index in [9.17, 15) is 4.79 Å². The molecule has 4 N–H and O–H groups in total. The first kappa shape index (κ1) is 15.5. The number of imidazole rings is 1. The Morgan fingerprint density at radius 1 is 1.39 bits per heavy atom. The number of nitrogens with one attached hydrogen (secondary N) is 2. The minimum Gasteiger partial charge on any atom is -0.368 e. The van der Waals surface area contributed by atoms with Gasteiger partial charge in [-0.15, -0.1) is 0 Å². The summed E-state index contributed by atoms with van der Waals surface area (Å²) >= 11 is 0. The standard InChI is InChI=1S/C16H22N6O/c1-3-11(14-18-8-9(2)19-14)20-15(23)13-10-6-4-5-7-12(10)21-16(17)22-13/h8,11H,3-7H2,1-2H3,(H,18,19)(H,20,23)(H2,17,21,22). The lowest BCUT2D eigenvalue weighted by molar-refractivity contribution is 0.0927. The number of anilines is 1. The number of amides is 1. The molecule has 0 saturated carbocycles. The van der Waals surface area contributed by atoms with Gasteiger partial charge in [0, 0.05) is 23.1 Å². The van der Waals surface area contributed by atoms with Gasteiger partial charge in [0.1, 0.15) is 11.5 Å². The third-order valence-corrected chi connectivity index (χ3v) is 4.18. The summed E-state index contributed by atoms with van der Waals surface area (Å²) in [5.41, 5.74) is 9.01. The number of nitrogens with two attached hydrogens (primary N) is 1. The van der Waals surface area contributed by atoms with E-state index in [1.54, 1.807) is 6.20 Å². The number of nitrogens with zero attached hydrogens (tertiary/aromatic N) is 3. The maximum absolute atomic E-state index is 12.7. The molecule has 0 spiro atoms. The Hall–Kier alpha value is -2.44. The van der Waals surface area contributed by atoms with Crippen LogP contribution in [0.3, 0.4) is 0 Å². The van der Waals surface area contributed by atoms with E-state index < -0.39 is 0 Å². The SMILES string of the molecule is CCC(NC(=O)c1nc(N)nc2c1CCCC2)c1ncc(C)[nH]1. The second-order valence-corrected chi connectivity index (χ2v) is 5.95. The number of hydrogen-bond donors (Lipinski definition) is 3. The molecule has 1 amide bonds. The normalized spacial score (nSPS) is 15.0. The summed E-state index contributed by atoms with van der Waals surface area (Å²) in [5, 5.41) is 3.01. The minimum absolute atomic E-state index is 0.165. The number of aromatic nitrogens is 4. The molecule has 1 aliphatic rings. The van der Waals surface area contributed by atoms with Gasteiger partial charge in [-0.25, -0.2) is 15.0 Å². The average Bonchev–Trinajstić information content (AvgIpc) is 2.97. The number of nitrogen functional groups attached to an aromatic ring is 1. The number of hydrogen-bond acceptors (Lipinski definition) is 5. The summed E-state index contributed by atoms with van der Waals surface area (Å²) in [6, 6.07) is -0.174. The van der Waals surface area contributed by atoms with Crippen molar-refractivity contribution < 1.29 is 4.79 Å². The smallest absolute Gasteiger partial charge is 0.270 e. The molecule has 0 aliphatic heterocycles. The van der Waals surface area contributed by atoms with Crippen molar-refractivity contribution in [2.24, 2.45) is 0 Å². The number of H-pyrrole nitrogens is 1. The molecule has 7 heteroatoms. The highest BCUT2D eigenvalue weighted by atomic mass is 16.2. The third kappa shape index (κ3) is 3.18. The topological polar surface area (TPSA) is 110 Å². The molecule has 1 unspecified atom stereocenters. The summed E-state index contributed by atoms with van der Waals surface area (Å²) in [7, 11) is 0. The Kier molecular flexibility index (Phi) is 4.27. The highest BCUT2D eigenvalue weighted by Crippen LogP contribution is 2.23. The molecular weight excluding hydrogens is 292 g/mol. The van der Waals surface area contributed by atoms with E-state index in [1.807, 2.05) is 13.8 Å². The Balaban J connectivity index is 1.87. The van der Waals surface area contributed by atoms with Crippen molar-refractivity contribution in [2.45, 2.75) is 52.0 Å². The van der Waals surface area contributed by atoms with Crippen molar-refractivity contribution in [3.8, 4) is 0 Å². The fraction of sp³-hybridized carbons (Fsp3) is 0.500. The number of rotatable bonds is 4. The molecule has 3 rings (SSSR count). The number of carbonyl (C=O) groups is 1. The van der Waals surface area contributed by atoms with Crippen LogP contribution in [0, 0.1) is 6.92 Å². The molecule has 23 heavy (non-hydrogen) atoms. The Morgan fingerprint density at radius 3 is 2.87 bits per heavy atom. The maximum atomic E-state index is 12.7. The van der Waals surface area contributed by atoms with Gasteiger partial charge in [-0.05, 0) is 39.0 Å². The van der Waals surface area contributed by atoms with E-state index in [2.05, 4.69) is 25.3 Å². The zero-order chi connectivity index (χ0) is 16.4. The lowest BCUT2D eigenvalue weighted by atomic mass is 9.94.